The van der Waals surface area contributed by atoms with Gasteiger partial charge < -0.3 is 5.32 Å². The average Bonchev–Trinajstić information content (AvgIpc) is 2.94. The summed E-state index contributed by atoms with van der Waals surface area (Å²) < 4.78 is 2.61. The van der Waals surface area contributed by atoms with E-state index in [-0.39, 0.29) is 11.8 Å². The second kappa shape index (κ2) is 4.96. The molecule has 1 aromatic heterocycles. The Labute approximate surface area is 133 Å². The minimum Gasteiger partial charge on any atom is -0.325 e. The second-order valence-electron chi connectivity index (χ2n) is 4.80. The first-order valence-electron chi connectivity index (χ1n) is 6.39. The van der Waals surface area contributed by atoms with Crippen LogP contribution in [0.3, 0.4) is 0 Å². The van der Waals surface area contributed by atoms with Crippen LogP contribution in [-0.2, 0) is 4.79 Å². The number of halogens is 1. The van der Waals surface area contributed by atoms with Crippen molar-refractivity contribution in [3.63, 3.8) is 0 Å². The van der Waals surface area contributed by atoms with E-state index in [0.29, 0.717) is 11.7 Å². The van der Waals surface area contributed by atoms with Crippen LogP contribution < -0.4 is 5.32 Å². The van der Waals surface area contributed by atoms with Crippen molar-refractivity contribution in [2.45, 2.75) is 6.04 Å². The summed E-state index contributed by atoms with van der Waals surface area (Å²) in [4.78, 5) is 12.4. The maximum Gasteiger partial charge on any atom is 0.248 e. The predicted octanol–water partition coefficient (Wildman–Crippen LogP) is 2.02. The Hall–Kier alpha value is -1.67. The number of nitrogens with zero attached hydrogens (tertiary/aromatic N) is 4. The second-order valence-corrected chi connectivity index (χ2v) is 6.64. The van der Waals surface area contributed by atoms with Gasteiger partial charge >= 0.3 is 0 Å². The Morgan fingerprint density at radius 2 is 2.19 bits per heavy atom. The van der Waals surface area contributed by atoms with E-state index in [9.17, 15) is 4.79 Å². The summed E-state index contributed by atoms with van der Waals surface area (Å²) in [5.41, 5.74) is 2.67. The third-order valence-corrected chi connectivity index (χ3v) is 5.26. The van der Waals surface area contributed by atoms with E-state index in [1.165, 1.54) is 0 Å². The SMILES string of the molecule is O=C1CSCC2=C1C(c1ccccc1Br)n1nnnc1N2. The van der Waals surface area contributed by atoms with Crippen molar-refractivity contribution in [2.75, 3.05) is 16.8 Å². The van der Waals surface area contributed by atoms with Crippen LogP contribution in [0.2, 0.25) is 0 Å². The largest absolute Gasteiger partial charge is 0.325 e. The molecule has 0 fully saturated rings. The quantitative estimate of drug-likeness (QED) is 0.835. The van der Waals surface area contributed by atoms with Crippen LogP contribution in [0.15, 0.2) is 40.0 Å². The number of carbonyl (C=O) groups excluding carboxylic acids is 1. The van der Waals surface area contributed by atoms with E-state index in [1.54, 1.807) is 16.4 Å². The zero-order valence-corrected chi connectivity index (χ0v) is 13.2. The first-order valence-corrected chi connectivity index (χ1v) is 8.34. The summed E-state index contributed by atoms with van der Waals surface area (Å²) in [6.45, 7) is 0. The summed E-state index contributed by atoms with van der Waals surface area (Å²) in [7, 11) is 0. The highest BCUT2D eigenvalue weighted by Gasteiger charge is 2.37. The molecule has 2 aliphatic rings. The fraction of sp³-hybridized carbons (Fsp3) is 0.231. The molecule has 8 heteroatoms. The molecule has 1 unspecified atom stereocenters. The lowest BCUT2D eigenvalue weighted by Gasteiger charge is -2.31. The molecule has 2 aliphatic heterocycles. The number of aromatic nitrogens is 4. The van der Waals surface area contributed by atoms with E-state index in [1.807, 2.05) is 24.3 Å². The van der Waals surface area contributed by atoms with E-state index < -0.39 is 0 Å². The van der Waals surface area contributed by atoms with Gasteiger partial charge in [-0.1, -0.05) is 39.2 Å². The Balaban J connectivity index is 1.96. The minimum atomic E-state index is -0.282. The van der Waals surface area contributed by atoms with Gasteiger partial charge in [-0.15, -0.1) is 11.8 Å². The Kier molecular flexibility index (Phi) is 3.07. The van der Waals surface area contributed by atoms with Crippen LogP contribution >= 0.6 is 27.7 Å². The van der Waals surface area contributed by atoms with Crippen LogP contribution in [-0.4, -0.2) is 37.5 Å². The monoisotopic (exact) mass is 363 g/mol. The molecule has 1 atom stereocenters. The van der Waals surface area contributed by atoms with Crippen molar-refractivity contribution < 1.29 is 4.79 Å². The van der Waals surface area contributed by atoms with Crippen LogP contribution in [0, 0.1) is 0 Å². The van der Waals surface area contributed by atoms with Crippen molar-refractivity contribution in [1.82, 2.24) is 20.2 Å². The maximum atomic E-state index is 12.4. The van der Waals surface area contributed by atoms with Crippen molar-refractivity contribution in [2.24, 2.45) is 0 Å². The zero-order valence-electron chi connectivity index (χ0n) is 10.8. The third kappa shape index (κ3) is 2.01. The third-order valence-electron chi connectivity index (χ3n) is 3.58. The number of nitrogens with one attached hydrogen (secondary N) is 1. The molecule has 6 nitrogen and oxygen atoms in total. The number of thioether (sulfide) groups is 1. The number of ketones is 1. The molecule has 0 saturated heterocycles. The van der Waals surface area contributed by atoms with Gasteiger partial charge in [0, 0.05) is 21.5 Å². The fourth-order valence-electron chi connectivity index (χ4n) is 2.68. The summed E-state index contributed by atoms with van der Waals surface area (Å²) >= 11 is 5.17. The molecule has 0 spiro atoms. The number of rotatable bonds is 1. The molecule has 1 N–H and O–H groups in total. The normalized spacial score (nSPS) is 20.8. The highest BCUT2D eigenvalue weighted by molar-refractivity contribution is 9.10. The Morgan fingerprint density at radius 3 is 3.05 bits per heavy atom. The molecule has 0 amide bonds. The van der Waals surface area contributed by atoms with Gasteiger partial charge in [0.25, 0.3) is 0 Å². The number of Topliss-reactive ketones (excluding diaryl/α,β-unsaturated/α-hetero) is 1. The number of hydrogen-bond donors (Lipinski definition) is 1. The number of fused-ring (bicyclic) bond motifs is 1. The van der Waals surface area contributed by atoms with Gasteiger partial charge in [-0.2, -0.15) is 4.68 Å². The number of hydrogen-bond acceptors (Lipinski definition) is 6. The van der Waals surface area contributed by atoms with Gasteiger partial charge in [0.05, 0.1) is 5.75 Å². The maximum absolute atomic E-state index is 12.4. The molecule has 0 bridgehead atoms. The number of anilines is 1. The molecule has 3 heterocycles. The van der Waals surface area contributed by atoms with Gasteiger partial charge in [-0.05, 0) is 22.1 Å². The highest BCUT2D eigenvalue weighted by Crippen LogP contribution is 2.40. The lowest BCUT2D eigenvalue weighted by atomic mass is 9.93. The van der Waals surface area contributed by atoms with Gasteiger partial charge in [-0.3, -0.25) is 4.79 Å². The Bertz CT molecular complexity index is 771. The topological polar surface area (TPSA) is 72.7 Å². The lowest BCUT2D eigenvalue weighted by molar-refractivity contribution is -0.113. The zero-order chi connectivity index (χ0) is 14.4. The van der Waals surface area contributed by atoms with Crippen LogP contribution in [0.5, 0.6) is 0 Å². The van der Waals surface area contributed by atoms with Gasteiger partial charge in [0.1, 0.15) is 6.04 Å². The standard InChI is InChI=1S/C13H10BrN5OS/c14-8-4-2-1-3-7(8)12-11-9(5-21-6-10(11)20)15-13-16-17-18-19(12)13/h1-4,12H,5-6H2,(H,15,16,18). The van der Waals surface area contributed by atoms with Crippen molar-refractivity contribution >= 4 is 39.4 Å². The molecule has 4 rings (SSSR count). The molecule has 106 valence electrons. The molecule has 0 saturated carbocycles. The summed E-state index contributed by atoms with van der Waals surface area (Å²) in [5, 5.41) is 15.0. The lowest BCUT2D eigenvalue weighted by Crippen LogP contribution is -2.33. The van der Waals surface area contributed by atoms with Crippen molar-refractivity contribution in [3.05, 3.63) is 45.6 Å². The molecular weight excluding hydrogens is 354 g/mol. The number of allylic oxidation sites excluding steroid dienone is 1. The summed E-state index contributed by atoms with van der Waals surface area (Å²) in [5.74, 6) is 1.98. The molecule has 0 radical (unpaired) electrons. The van der Waals surface area contributed by atoms with Crippen molar-refractivity contribution in [1.29, 1.82) is 0 Å². The van der Waals surface area contributed by atoms with Gasteiger partial charge in [0.2, 0.25) is 5.95 Å². The average molecular weight is 364 g/mol. The van der Waals surface area contributed by atoms with Gasteiger partial charge in [-0.25, -0.2) is 0 Å². The van der Waals surface area contributed by atoms with Crippen LogP contribution in [0.1, 0.15) is 11.6 Å². The summed E-state index contributed by atoms with van der Waals surface area (Å²) in [6.07, 6.45) is 0. The van der Waals surface area contributed by atoms with Crippen LogP contribution in [0.4, 0.5) is 5.95 Å². The first-order chi connectivity index (χ1) is 10.3. The molecule has 2 aromatic rings. The van der Waals surface area contributed by atoms with E-state index >= 15 is 0 Å². The van der Waals surface area contributed by atoms with E-state index in [2.05, 4.69) is 36.8 Å². The van der Waals surface area contributed by atoms with E-state index in [4.69, 9.17) is 0 Å². The van der Waals surface area contributed by atoms with Gasteiger partial charge in [0.15, 0.2) is 5.78 Å². The molecule has 0 aliphatic carbocycles. The molecule has 1 aromatic carbocycles. The molecular formula is C13H10BrN5OS. The summed E-state index contributed by atoms with van der Waals surface area (Å²) in [6, 6.07) is 7.57. The number of benzene rings is 1. The molecule has 21 heavy (non-hydrogen) atoms. The van der Waals surface area contributed by atoms with E-state index in [0.717, 1.165) is 27.1 Å². The fourth-order valence-corrected chi connectivity index (χ4v) is 4.06. The number of carbonyl (C=O) groups is 1. The first kappa shape index (κ1) is 13.0. The predicted molar refractivity (Wildman–Crippen MR) is 83.1 cm³/mol. The minimum absolute atomic E-state index is 0.135. The van der Waals surface area contributed by atoms with Crippen LogP contribution in [0.25, 0.3) is 0 Å². The number of tetrazole rings is 1. The Morgan fingerprint density at radius 1 is 1.33 bits per heavy atom. The smallest absolute Gasteiger partial charge is 0.248 e. The van der Waals surface area contributed by atoms with Crippen molar-refractivity contribution in [3.8, 4) is 0 Å². The highest BCUT2D eigenvalue weighted by atomic mass is 79.9.